The van der Waals surface area contributed by atoms with E-state index < -0.39 is 5.97 Å². The molecule has 0 saturated heterocycles. The molecule has 0 atom stereocenters. The first-order chi connectivity index (χ1) is 14.2. The lowest BCUT2D eigenvalue weighted by Crippen LogP contribution is -2.05. The Bertz CT molecular complexity index is 1130. The predicted molar refractivity (Wildman–Crippen MR) is 113 cm³/mol. The zero-order valence-electron chi connectivity index (χ0n) is 16.2. The SMILES string of the molecule is COC(=O)c1ccc(NCc2cccc(-c3nc4ccccc4[nH]3)c2)cc1OC. The van der Waals surface area contributed by atoms with Crippen LogP contribution >= 0.6 is 0 Å². The van der Waals surface area contributed by atoms with Gasteiger partial charge >= 0.3 is 5.97 Å². The van der Waals surface area contributed by atoms with Gasteiger partial charge in [0.1, 0.15) is 17.1 Å². The molecule has 0 unspecified atom stereocenters. The largest absolute Gasteiger partial charge is 0.496 e. The Morgan fingerprint density at radius 2 is 1.90 bits per heavy atom. The minimum absolute atomic E-state index is 0.396. The minimum atomic E-state index is -0.424. The van der Waals surface area contributed by atoms with Gasteiger partial charge in [0.15, 0.2) is 0 Å². The van der Waals surface area contributed by atoms with E-state index in [9.17, 15) is 4.79 Å². The average molecular weight is 387 g/mol. The van der Waals surface area contributed by atoms with Crippen molar-refractivity contribution in [2.24, 2.45) is 0 Å². The molecule has 0 aliphatic heterocycles. The van der Waals surface area contributed by atoms with Crippen molar-refractivity contribution in [3.8, 4) is 17.1 Å². The first-order valence-corrected chi connectivity index (χ1v) is 9.22. The summed E-state index contributed by atoms with van der Waals surface area (Å²) in [6, 6.07) is 21.5. The van der Waals surface area contributed by atoms with Gasteiger partial charge in [-0.1, -0.05) is 30.3 Å². The minimum Gasteiger partial charge on any atom is -0.496 e. The summed E-state index contributed by atoms with van der Waals surface area (Å²) in [5.74, 6) is 0.891. The summed E-state index contributed by atoms with van der Waals surface area (Å²) < 4.78 is 10.1. The van der Waals surface area contributed by atoms with Crippen molar-refractivity contribution in [2.75, 3.05) is 19.5 Å². The van der Waals surface area contributed by atoms with Crippen LogP contribution in [0, 0.1) is 0 Å². The highest BCUT2D eigenvalue weighted by Crippen LogP contribution is 2.25. The van der Waals surface area contributed by atoms with E-state index in [0.717, 1.165) is 33.7 Å². The van der Waals surface area contributed by atoms with Crippen LogP contribution in [0.2, 0.25) is 0 Å². The number of fused-ring (bicyclic) bond motifs is 1. The highest BCUT2D eigenvalue weighted by molar-refractivity contribution is 5.93. The van der Waals surface area contributed by atoms with Crippen LogP contribution in [-0.2, 0) is 11.3 Å². The fraction of sp³-hybridized carbons (Fsp3) is 0.130. The Morgan fingerprint density at radius 1 is 1.03 bits per heavy atom. The molecule has 29 heavy (non-hydrogen) atoms. The number of benzene rings is 3. The summed E-state index contributed by atoms with van der Waals surface area (Å²) in [5, 5.41) is 3.36. The van der Waals surface area contributed by atoms with E-state index in [-0.39, 0.29) is 0 Å². The van der Waals surface area contributed by atoms with Crippen LogP contribution in [-0.4, -0.2) is 30.2 Å². The van der Waals surface area contributed by atoms with Gasteiger partial charge in [-0.25, -0.2) is 9.78 Å². The second-order valence-electron chi connectivity index (χ2n) is 6.56. The first-order valence-electron chi connectivity index (χ1n) is 9.22. The maximum absolute atomic E-state index is 11.8. The lowest BCUT2D eigenvalue weighted by atomic mass is 10.1. The normalized spacial score (nSPS) is 10.7. The highest BCUT2D eigenvalue weighted by atomic mass is 16.5. The van der Waals surface area contributed by atoms with Crippen molar-refractivity contribution < 1.29 is 14.3 Å². The molecule has 0 radical (unpaired) electrons. The van der Waals surface area contributed by atoms with Crippen LogP contribution in [0.3, 0.4) is 0 Å². The Balaban J connectivity index is 1.52. The number of hydrogen-bond acceptors (Lipinski definition) is 5. The molecule has 0 fully saturated rings. The van der Waals surface area contributed by atoms with Gasteiger partial charge < -0.3 is 19.8 Å². The van der Waals surface area contributed by atoms with E-state index in [2.05, 4.69) is 27.4 Å². The van der Waals surface area contributed by atoms with E-state index in [1.54, 1.807) is 12.1 Å². The van der Waals surface area contributed by atoms with E-state index >= 15 is 0 Å². The number of rotatable bonds is 6. The number of anilines is 1. The molecule has 3 aromatic carbocycles. The van der Waals surface area contributed by atoms with Crippen molar-refractivity contribution in [3.05, 3.63) is 77.9 Å². The molecule has 146 valence electrons. The number of imidazole rings is 1. The Kier molecular flexibility index (Phi) is 5.16. The lowest BCUT2D eigenvalue weighted by Gasteiger charge is -2.11. The van der Waals surface area contributed by atoms with Crippen LogP contribution in [0.25, 0.3) is 22.4 Å². The number of hydrogen-bond donors (Lipinski definition) is 2. The number of nitrogens with one attached hydrogen (secondary N) is 2. The number of carbonyl (C=O) groups is 1. The fourth-order valence-corrected chi connectivity index (χ4v) is 3.20. The standard InChI is InChI=1S/C23H21N3O3/c1-28-21-13-17(10-11-18(21)23(27)29-2)24-14-15-6-5-7-16(12-15)22-25-19-8-3-4-9-20(19)26-22/h3-13,24H,14H2,1-2H3,(H,25,26). The molecule has 4 rings (SSSR count). The molecule has 1 aromatic heterocycles. The van der Waals surface area contributed by atoms with E-state index in [1.807, 2.05) is 42.5 Å². The van der Waals surface area contributed by atoms with Gasteiger partial charge in [-0.3, -0.25) is 0 Å². The third-order valence-corrected chi connectivity index (χ3v) is 4.69. The van der Waals surface area contributed by atoms with Gasteiger partial charge in [0.05, 0.1) is 25.3 Å². The summed E-state index contributed by atoms with van der Waals surface area (Å²) in [6.45, 7) is 0.620. The van der Waals surface area contributed by atoms with Gasteiger partial charge in [-0.15, -0.1) is 0 Å². The molecule has 2 N–H and O–H groups in total. The fourth-order valence-electron chi connectivity index (χ4n) is 3.20. The summed E-state index contributed by atoms with van der Waals surface area (Å²) >= 11 is 0. The van der Waals surface area contributed by atoms with Gasteiger partial charge in [0.2, 0.25) is 0 Å². The zero-order chi connectivity index (χ0) is 20.2. The smallest absolute Gasteiger partial charge is 0.341 e. The van der Waals surface area contributed by atoms with Crippen molar-refractivity contribution in [3.63, 3.8) is 0 Å². The Labute approximate surface area is 168 Å². The zero-order valence-corrected chi connectivity index (χ0v) is 16.2. The molecule has 0 bridgehead atoms. The van der Waals surface area contributed by atoms with Crippen molar-refractivity contribution in [1.82, 2.24) is 9.97 Å². The molecule has 6 heteroatoms. The molecule has 1 heterocycles. The summed E-state index contributed by atoms with van der Waals surface area (Å²) in [7, 11) is 2.88. The van der Waals surface area contributed by atoms with Crippen LogP contribution < -0.4 is 10.1 Å². The predicted octanol–water partition coefficient (Wildman–Crippen LogP) is 4.64. The van der Waals surface area contributed by atoms with Gasteiger partial charge in [-0.05, 0) is 35.9 Å². The molecule has 0 aliphatic rings. The molecule has 6 nitrogen and oxygen atoms in total. The summed E-state index contributed by atoms with van der Waals surface area (Å²) in [5.41, 5.74) is 5.35. The molecule has 0 spiro atoms. The highest BCUT2D eigenvalue weighted by Gasteiger charge is 2.13. The molecular formula is C23H21N3O3. The molecule has 0 saturated carbocycles. The number of aromatic nitrogens is 2. The maximum Gasteiger partial charge on any atom is 0.341 e. The third-order valence-electron chi connectivity index (χ3n) is 4.69. The van der Waals surface area contributed by atoms with Gasteiger partial charge in [-0.2, -0.15) is 0 Å². The average Bonchev–Trinajstić information content (AvgIpc) is 3.21. The second-order valence-corrected chi connectivity index (χ2v) is 6.56. The number of carbonyl (C=O) groups excluding carboxylic acids is 1. The molecule has 0 amide bonds. The number of H-pyrrole nitrogens is 1. The topological polar surface area (TPSA) is 76.2 Å². The van der Waals surface area contributed by atoms with Gasteiger partial charge in [0.25, 0.3) is 0 Å². The van der Waals surface area contributed by atoms with Crippen molar-refractivity contribution in [1.29, 1.82) is 0 Å². The van der Waals surface area contributed by atoms with Gasteiger partial charge in [0, 0.05) is 23.9 Å². The quantitative estimate of drug-likeness (QED) is 0.472. The Morgan fingerprint density at radius 3 is 2.69 bits per heavy atom. The number of methoxy groups -OCH3 is 2. The van der Waals surface area contributed by atoms with Crippen LogP contribution in [0.4, 0.5) is 5.69 Å². The molecule has 4 aromatic rings. The number of aromatic amines is 1. The number of nitrogens with zero attached hydrogens (tertiary/aromatic N) is 1. The second kappa shape index (κ2) is 8.06. The van der Waals surface area contributed by atoms with Crippen molar-refractivity contribution in [2.45, 2.75) is 6.54 Å². The molecule has 0 aliphatic carbocycles. The Hall–Kier alpha value is -3.80. The molecular weight excluding hydrogens is 366 g/mol. The third kappa shape index (κ3) is 3.91. The first kappa shape index (κ1) is 18.6. The number of para-hydroxylation sites is 2. The van der Waals surface area contributed by atoms with Crippen LogP contribution in [0.5, 0.6) is 5.75 Å². The maximum atomic E-state index is 11.8. The number of esters is 1. The monoisotopic (exact) mass is 387 g/mol. The van der Waals surface area contributed by atoms with E-state index in [0.29, 0.717) is 17.9 Å². The van der Waals surface area contributed by atoms with Crippen LogP contribution in [0.1, 0.15) is 15.9 Å². The number of ether oxygens (including phenoxy) is 2. The van der Waals surface area contributed by atoms with Crippen molar-refractivity contribution >= 4 is 22.7 Å². The summed E-state index contributed by atoms with van der Waals surface area (Å²) in [4.78, 5) is 19.8. The van der Waals surface area contributed by atoms with E-state index in [4.69, 9.17) is 9.47 Å². The van der Waals surface area contributed by atoms with Crippen LogP contribution in [0.15, 0.2) is 66.7 Å². The lowest BCUT2D eigenvalue weighted by molar-refractivity contribution is 0.0597. The van der Waals surface area contributed by atoms with E-state index in [1.165, 1.54) is 14.2 Å². The summed E-state index contributed by atoms with van der Waals surface area (Å²) in [6.07, 6.45) is 0.